The maximum atomic E-state index is 13.1. The number of carbonyl (C=O) groups excluding carboxylic acids is 1. The van der Waals surface area contributed by atoms with E-state index in [9.17, 15) is 4.79 Å². The smallest absolute Gasteiger partial charge is 0.238 e. The number of ether oxygens (including phenoxy) is 2. The average Bonchev–Trinajstić information content (AvgIpc) is 2.91. The van der Waals surface area contributed by atoms with Crippen LogP contribution in [0.5, 0.6) is 5.75 Å². The summed E-state index contributed by atoms with van der Waals surface area (Å²) in [6.45, 7) is 7.65. The van der Waals surface area contributed by atoms with Crippen molar-refractivity contribution < 1.29 is 19.4 Å². The van der Waals surface area contributed by atoms with Crippen LogP contribution in [0.25, 0.3) is 22.0 Å². The summed E-state index contributed by atoms with van der Waals surface area (Å²) in [4.78, 5) is 26.6. The molecule has 2 N–H and O–H groups in total. The summed E-state index contributed by atoms with van der Waals surface area (Å²) in [6, 6.07) is 11.8. The molecule has 2 heterocycles. The number of anilines is 1. The van der Waals surface area contributed by atoms with E-state index in [0.717, 1.165) is 78.4 Å². The number of hydrogen-bond donors (Lipinski definition) is 2. The lowest BCUT2D eigenvalue weighted by Crippen LogP contribution is -2.49. The van der Waals surface area contributed by atoms with Gasteiger partial charge in [-0.2, -0.15) is 0 Å². The molecule has 0 saturated carbocycles. The molecule has 192 valence electrons. The maximum Gasteiger partial charge on any atom is 0.238 e. The van der Waals surface area contributed by atoms with Crippen molar-refractivity contribution in [3.63, 3.8) is 0 Å². The zero-order valence-corrected chi connectivity index (χ0v) is 21.1. The van der Waals surface area contributed by atoms with Crippen molar-refractivity contribution in [2.45, 2.75) is 13.3 Å². The van der Waals surface area contributed by atoms with Crippen molar-refractivity contribution >= 4 is 22.4 Å². The molecular weight excluding hydrogens is 458 g/mol. The van der Waals surface area contributed by atoms with Gasteiger partial charge in [0, 0.05) is 62.0 Å². The molecule has 9 nitrogen and oxygen atoms in total. The van der Waals surface area contributed by atoms with Crippen molar-refractivity contribution in [2.75, 3.05) is 71.5 Å². The van der Waals surface area contributed by atoms with E-state index in [1.165, 1.54) is 0 Å². The fourth-order valence-corrected chi connectivity index (χ4v) is 4.37. The van der Waals surface area contributed by atoms with E-state index in [2.05, 4.69) is 31.2 Å². The maximum absolute atomic E-state index is 13.1. The number of nitrogens with zero attached hydrogens (tertiary/aromatic N) is 4. The summed E-state index contributed by atoms with van der Waals surface area (Å²) in [6.07, 6.45) is 2.53. The molecule has 0 radical (unpaired) electrons. The zero-order valence-electron chi connectivity index (χ0n) is 21.1. The highest BCUT2D eigenvalue weighted by Crippen LogP contribution is 2.33. The lowest BCUT2D eigenvalue weighted by Gasteiger charge is -2.34. The van der Waals surface area contributed by atoms with Gasteiger partial charge in [-0.25, -0.2) is 9.97 Å². The Hall–Kier alpha value is -3.11. The quantitative estimate of drug-likeness (QED) is 0.393. The number of methoxy groups -OCH3 is 1. The monoisotopic (exact) mass is 493 g/mol. The Morgan fingerprint density at radius 1 is 1.08 bits per heavy atom. The lowest BCUT2D eigenvalue weighted by atomic mass is 10.0. The summed E-state index contributed by atoms with van der Waals surface area (Å²) in [5.74, 6) is 1.47. The number of benzene rings is 2. The first-order chi connectivity index (χ1) is 17.6. The Kier molecular flexibility index (Phi) is 9.18. The Labute approximate surface area is 212 Å². The molecule has 4 rings (SSSR count). The second-order valence-corrected chi connectivity index (χ2v) is 8.82. The number of fused-ring (bicyclic) bond motifs is 1. The number of piperazine rings is 1. The van der Waals surface area contributed by atoms with Crippen LogP contribution in [-0.4, -0.2) is 97.0 Å². The van der Waals surface area contributed by atoms with E-state index in [4.69, 9.17) is 14.6 Å². The van der Waals surface area contributed by atoms with Crippen molar-refractivity contribution in [3.05, 3.63) is 48.4 Å². The molecule has 0 atom stereocenters. The van der Waals surface area contributed by atoms with Gasteiger partial charge in [-0.05, 0) is 35.7 Å². The molecule has 3 aromatic rings. The molecule has 0 spiro atoms. The first kappa shape index (κ1) is 26.0. The van der Waals surface area contributed by atoms with Crippen LogP contribution < -0.4 is 10.1 Å². The highest BCUT2D eigenvalue weighted by Gasteiger charge is 2.19. The number of rotatable bonds is 11. The predicted molar refractivity (Wildman–Crippen MR) is 140 cm³/mol. The van der Waals surface area contributed by atoms with E-state index < -0.39 is 0 Å². The highest BCUT2D eigenvalue weighted by atomic mass is 16.5. The number of hydrogen-bond acceptors (Lipinski definition) is 8. The molecule has 9 heteroatoms. The highest BCUT2D eigenvalue weighted by molar-refractivity contribution is 6.05. The summed E-state index contributed by atoms with van der Waals surface area (Å²) >= 11 is 0. The zero-order chi connectivity index (χ0) is 25.3. The second-order valence-electron chi connectivity index (χ2n) is 8.82. The number of aliphatic hydroxyl groups is 1. The molecule has 1 aromatic heterocycles. The number of aliphatic hydroxyl groups excluding tert-OH is 1. The molecule has 36 heavy (non-hydrogen) atoms. The Morgan fingerprint density at radius 3 is 2.64 bits per heavy atom. The van der Waals surface area contributed by atoms with Crippen LogP contribution in [0.15, 0.2) is 42.6 Å². The predicted octanol–water partition coefficient (Wildman–Crippen LogP) is 2.43. The molecule has 0 aliphatic carbocycles. The Bertz CT molecular complexity index is 1160. The third-order valence-corrected chi connectivity index (χ3v) is 6.37. The van der Waals surface area contributed by atoms with Gasteiger partial charge in [-0.15, -0.1) is 0 Å². The van der Waals surface area contributed by atoms with Crippen LogP contribution in [0, 0.1) is 0 Å². The van der Waals surface area contributed by atoms with E-state index in [1.807, 2.05) is 37.3 Å². The molecule has 1 aliphatic heterocycles. The van der Waals surface area contributed by atoms with Gasteiger partial charge in [0.1, 0.15) is 11.6 Å². The number of aryl methyl sites for hydroxylation is 1. The van der Waals surface area contributed by atoms with Crippen LogP contribution in [0.2, 0.25) is 0 Å². The van der Waals surface area contributed by atoms with Crippen LogP contribution in [0.1, 0.15) is 12.7 Å². The van der Waals surface area contributed by atoms with Crippen LogP contribution in [0.3, 0.4) is 0 Å². The number of nitrogens with one attached hydrogen (secondary N) is 1. The normalized spacial score (nSPS) is 14.8. The Morgan fingerprint density at radius 2 is 1.89 bits per heavy atom. The van der Waals surface area contributed by atoms with Gasteiger partial charge in [0.25, 0.3) is 0 Å². The fourth-order valence-electron chi connectivity index (χ4n) is 4.37. The molecule has 1 amide bonds. The van der Waals surface area contributed by atoms with Crippen molar-refractivity contribution in [3.8, 4) is 17.0 Å². The van der Waals surface area contributed by atoms with Crippen LogP contribution >= 0.6 is 0 Å². The van der Waals surface area contributed by atoms with Gasteiger partial charge in [0.15, 0.2) is 0 Å². The lowest BCUT2D eigenvalue weighted by molar-refractivity contribution is -0.117. The van der Waals surface area contributed by atoms with Gasteiger partial charge >= 0.3 is 0 Å². The largest absolute Gasteiger partial charge is 0.497 e. The molecule has 2 aromatic carbocycles. The van der Waals surface area contributed by atoms with Gasteiger partial charge in [0.2, 0.25) is 5.91 Å². The first-order valence-electron chi connectivity index (χ1n) is 12.5. The van der Waals surface area contributed by atoms with Gasteiger partial charge < -0.3 is 19.9 Å². The first-order valence-corrected chi connectivity index (χ1v) is 12.5. The summed E-state index contributed by atoms with van der Waals surface area (Å²) < 4.78 is 10.8. The minimum absolute atomic E-state index is 0.0482. The topological polar surface area (TPSA) is 100 Å². The minimum atomic E-state index is -0.0482. The number of amides is 1. The van der Waals surface area contributed by atoms with Gasteiger partial charge in [-0.3, -0.25) is 14.6 Å². The Balaban J connectivity index is 1.46. The minimum Gasteiger partial charge on any atom is -0.497 e. The van der Waals surface area contributed by atoms with Crippen LogP contribution in [-0.2, 0) is 16.0 Å². The van der Waals surface area contributed by atoms with E-state index in [1.54, 1.807) is 13.3 Å². The summed E-state index contributed by atoms with van der Waals surface area (Å²) in [7, 11) is 1.64. The van der Waals surface area contributed by atoms with Gasteiger partial charge in [0.05, 0.1) is 39.2 Å². The molecule has 1 saturated heterocycles. The van der Waals surface area contributed by atoms with Gasteiger partial charge in [-0.1, -0.05) is 13.0 Å². The molecule has 1 aliphatic rings. The average molecular weight is 494 g/mol. The molecule has 0 bridgehead atoms. The number of carbonyl (C=O) groups is 1. The molecule has 1 fully saturated rings. The third-order valence-electron chi connectivity index (χ3n) is 6.37. The van der Waals surface area contributed by atoms with Crippen molar-refractivity contribution in [1.29, 1.82) is 0 Å². The van der Waals surface area contributed by atoms with E-state index in [-0.39, 0.29) is 12.5 Å². The molecule has 0 unspecified atom stereocenters. The molecular formula is C27H35N5O4. The third kappa shape index (κ3) is 6.76. The van der Waals surface area contributed by atoms with Crippen molar-refractivity contribution in [1.82, 2.24) is 19.8 Å². The summed E-state index contributed by atoms with van der Waals surface area (Å²) in [5, 5.41) is 13.9. The number of aromatic nitrogens is 2. The fraction of sp³-hybridized carbons (Fsp3) is 0.444. The SMILES string of the molecule is CCc1nccc(-c2cc(NC(=O)CN3CCN(CCOCCO)CC3)c3cc(OC)ccc3c2)n1. The second kappa shape index (κ2) is 12.7. The standard InChI is InChI=1S/C27H35N5O4/c1-3-26-28-7-6-24(29-26)21-16-20-4-5-22(35-2)18-23(20)25(17-21)30-27(34)19-32-10-8-31(9-11-32)12-14-36-15-13-33/h4-7,16-18,33H,3,8-15,19H2,1-2H3,(H,30,34). The van der Waals surface area contributed by atoms with Crippen LogP contribution in [0.4, 0.5) is 5.69 Å². The summed E-state index contributed by atoms with van der Waals surface area (Å²) in [5.41, 5.74) is 2.49. The van der Waals surface area contributed by atoms with E-state index in [0.29, 0.717) is 19.8 Å². The van der Waals surface area contributed by atoms with E-state index >= 15 is 0 Å². The van der Waals surface area contributed by atoms with Crippen molar-refractivity contribution in [2.24, 2.45) is 0 Å².